The smallest absolute Gasteiger partial charge is 0.220 e. The summed E-state index contributed by atoms with van der Waals surface area (Å²) in [7, 11) is 0. The lowest BCUT2D eigenvalue weighted by Gasteiger charge is -2.30. The minimum atomic E-state index is 0.139. The van der Waals surface area contributed by atoms with Crippen LogP contribution < -0.4 is 10.1 Å². The van der Waals surface area contributed by atoms with Gasteiger partial charge in [-0.25, -0.2) is 0 Å². The number of likely N-dealkylation sites (tertiary alicyclic amines) is 1. The van der Waals surface area contributed by atoms with E-state index >= 15 is 0 Å². The number of nitrogens with one attached hydrogen (secondary N) is 1. The van der Waals surface area contributed by atoms with Gasteiger partial charge in [-0.15, -0.1) is 0 Å². The number of carbonyl (C=O) groups is 1. The Morgan fingerprint density at radius 3 is 2.71 bits per heavy atom. The van der Waals surface area contributed by atoms with E-state index in [0.717, 1.165) is 12.2 Å². The number of hydrogen-bond donors (Lipinski definition) is 1. The van der Waals surface area contributed by atoms with Gasteiger partial charge in [0.1, 0.15) is 12.4 Å². The second-order valence-electron chi connectivity index (χ2n) is 7.42. The Morgan fingerprint density at radius 2 is 2.08 bits per heavy atom. The van der Waals surface area contributed by atoms with Gasteiger partial charge in [0, 0.05) is 18.5 Å². The molecule has 132 valence electrons. The van der Waals surface area contributed by atoms with E-state index in [1.807, 2.05) is 0 Å². The van der Waals surface area contributed by atoms with E-state index in [1.54, 1.807) is 0 Å². The highest BCUT2D eigenvalue weighted by Gasteiger charge is 2.27. The van der Waals surface area contributed by atoms with Gasteiger partial charge in [0.05, 0.1) is 6.04 Å². The van der Waals surface area contributed by atoms with E-state index in [2.05, 4.69) is 50.0 Å². The van der Waals surface area contributed by atoms with Crippen LogP contribution in [0.1, 0.15) is 62.3 Å². The molecule has 3 atom stereocenters. The molecule has 0 spiro atoms. The van der Waals surface area contributed by atoms with Crippen LogP contribution in [-0.4, -0.2) is 36.0 Å². The van der Waals surface area contributed by atoms with Crippen molar-refractivity contribution in [2.24, 2.45) is 0 Å². The number of rotatable bonds is 5. The molecular weight excluding hydrogens is 300 g/mol. The molecule has 0 bridgehead atoms. The maximum Gasteiger partial charge on any atom is 0.220 e. The number of nitrogens with zero attached hydrogens (tertiary/aromatic N) is 1. The first-order valence-electron chi connectivity index (χ1n) is 9.25. The maximum absolute atomic E-state index is 11.3. The Hall–Kier alpha value is -1.55. The lowest BCUT2D eigenvalue weighted by molar-refractivity contribution is -0.119. The average molecular weight is 330 g/mol. The van der Waals surface area contributed by atoms with E-state index in [1.165, 1.54) is 36.1 Å². The molecule has 2 fully saturated rings. The molecule has 4 nitrogen and oxygen atoms in total. The van der Waals surface area contributed by atoms with Crippen molar-refractivity contribution in [2.75, 3.05) is 13.2 Å². The Balaban J connectivity index is 1.70. The summed E-state index contributed by atoms with van der Waals surface area (Å²) in [5, 5.41) is 2.96. The topological polar surface area (TPSA) is 41.6 Å². The number of amides is 1. The minimum absolute atomic E-state index is 0.139. The van der Waals surface area contributed by atoms with Gasteiger partial charge in [0.2, 0.25) is 5.91 Å². The molecule has 1 N–H and O–H groups in total. The Labute approximate surface area is 145 Å². The first kappa shape index (κ1) is 17.3. The summed E-state index contributed by atoms with van der Waals surface area (Å²) in [5.41, 5.74) is 3.95. The molecule has 1 amide bonds. The van der Waals surface area contributed by atoms with Crippen molar-refractivity contribution in [3.8, 4) is 5.75 Å². The molecule has 1 aromatic carbocycles. The molecule has 2 saturated heterocycles. The fraction of sp³-hybridized carbons (Fsp3) is 0.650. The summed E-state index contributed by atoms with van der Waals surface area (Å²) in [6.07, 6.45) is 4.10. The number of hydrogen-bond acceptors (Lipinski definition) is 3. The minimum Gasteiger partial charge on any atom is -0.491 e. The van der Waals surface area contributed by atoms with Crippen molar-refractivity contribution in [3.05, 3.63) is 28.8 Å². The van der Waals surface area contributed by atoms with E-state index < -0.39 is 0 Å². The molecule has 4 heteroatoms. The Bertz CT molecular complexity index is 614. The molecule has 0 radical (unpaired) electrons. The summed E-state index contributed by atoms with van der Waals surface area (Å²) in [5.74, 6) is 1.08. The second kappa shape index (κ2) is 7.14. The molecule has 0 aliphatic carbocycles. The third-order valence-electron chi connectivity index (χ3n) is 5.86. The summed E-state index contributed by atoms with van der Waals surface area (Å²) in [6.45, 7) is 10.7. The first-order valence-corrected chi connectivity index (χ1v) is 9.25. The summed E-state index contributed by atoms with van der Waals surface area (Å²) in [6, 6.07) is 5.60. The van der Waals surface area contributed by atoms with Gasteiger partial charge in [-0.3, -0.25) is 9.69 Å². The first-order chi connectivity index (χ1) is 11.5. The van der Waals surface area contributed by atoms with Crippen molar-refractivity contribution >= 4 is 5.91 Å². The molecule has 3 rings (SSSR count). The molecule has 24 heavy (non-hydrogen) atoms. The van der Waals surface area contributed by atoms with Gasteiger partial charge in [-0.2, -0.15) is 0 Å². The van der Waals surface area contributed by atoms with Crippen molar-refractivity contribution in [3.63, 3.8) is 0 Å². The fourth-order valence-electron chi connectivity index (χ4n) is 4.13. The zero-order chi connectivity index (χ0) is 17.3. The largest absolute Gasteiger partial charge is 0.491 e. The number of carbonyl (C=O) groups excluding carboxylic acids is 1. The van der Waals surface area contributed by atoms with Crippen molar-refractivity contribution < 1.29 is 9.53 Å². The average Bonchev–Trinajstić information content (AvgIpc) is 3.16. The molecule has 2 unspecified atom stereocenters. The molecule has 1 aromatic rings. The molecule has 2 aliphatic rings. The van der Waals surface area contributed by atoms with Crippen LogP contribution >= 0.6 is 0 Å². The molecular formula is C20H30N2O2. The third kappa shape index (κ3) is 3.44. The van der Waals surface area contributed by atoms with Crippen molar-refractivity contribution in [2.45, 2.75) is 71.5 Å². The SMILES string of the molecule is Cc1c(OC[C@H]2CCC(=O)N2)ccc(C(C)N2CCCC2C)c1C. The predicted molar refractivity (Wildman–Crippen MR) is 96.4 cm³/mol. The monoisotopic (exact) mass is 330 g/mol. The third-order valence-corrected chi connectivity index (χ3v) is 5.86. The van der Waals surface area contributed by atoms with Crippen molar-refractivity contribution in [1.29, 1.82) is 0 Å². The lowest BCUT2D eigenvalue weighted by Crippen LogP contribution is -2.31. The lowest BCUT2D eigenvalue weighted by atomic mass is 9.96. The van der Waals surface area contributed by atoms with E-state index in [4.69, 9.17) is 4.74 Å². The highest BCUT2D eigenvalue weighted by molar-refractivity contribution is 5.78. The second-order valence-corrected chi connectivity index (χ2v) is 7.42. The molecule has 2 aliphatic heterocycles. The van der Waals surface area contributed by atoms with Gasteiger partial charge in [0.15, 0.2) is 0 Å². The van der Waals surface area contributed by atoms with Gasteiger partial charge < -0.3 is 10.1 Å². The summed E-state index contributed by atoms with van der Waals surface area (Å²) in [4.78, 5) is 13.9. The van der Waals surface area contributed by atoms with Crippen LogP contribution in [0.5, 0.6) is 5.75 Å². The van der Waals surface area contributed by atoms with Gasteiger partial charge in [0.25, 0.3) is 0 Å². The zero-order valence-electron chi connectivity index (χ0n) is 15.4. The quantitative estimate of drug-likeness (QED) is 0.898. The number of ether oxygens (including phenoxy) is 1. The highest BCUT2D eigenvalue weighted by Crippen LogP contribution is 2.34. The van der Waals surface area contributed by atoms with Crippen LogP contribution in [0.25, 0.3) is 0 Å². The van der Waals surface area contributed by atoms with Crippen LogP contribution in [0, 0.1) is 13.8 Å². The highest BCUT2D eigenvalue weighted by atomic mass is 16.5. The Morgan fingerprint density at radius 1 is 1.29 bits per heavy atom. The normalized spacial score (nSPS) is 25.8. The van der Waals surface area contributed by atoms with Crippen molar-refractivity contribution in [1.82, 2.24) is 10.2 Å². The van der Waals surface area contributed by atoms with Crippen LogP contribution in [-0.2, 0) is 4.79 Å². The number of benzene rings is 1. The zero-order valence-corrected chi connectivity index (χ0v) is 15.4. The van der Waals surface area contributed by atoms with E-state index in [0.29, 0.717) is 25.1 Å². The summed E-state index contributed by atoms with van der Waals surface area (Å²) >= 11 is 0. The molecule has 0 aromatic heterocycles. The standard InChI is InChI=1S/C20H30N2O2/c1-13-6-5-11-22(13)16(4)18-8-9-19(15(3)14(18)2)24-12-17-7-10-20(23)21-17/h8-9,13,16-17H,5-7,10-12H2,1-4H3,(H,21,23)/t13?,16?,17-/m1/s1. The van der Waals surface area contributed by atoms with E-state index in [-0.39, 0.29) is 11.9 Å². The molecule has 2 heterocycles. The van der Waals surface area contributed by atoms with E-state index in [9.17, 15) is 4.79 Å². The van der Waals surface area contributed by atoms with Crippen LogP contribution in [0.4, 0.5) is 0 Å². The van der Waals surface area contributed by atoms with Crippen LogP contribution in [0.15, 0.2) is 12.1 Å². The van der Waals surface area contributed by atoms with Gasteiger partial charge in [-0.05, 0) is 76.3 Å². The maximum atomic E-state index is 11.3. The predicted octanol–water partition coefficient (Wildman–Crippen LogP) is 3.51. The van der Waals surface area contributed by atoms with Crippen LogP contribution in [0.2, 0.25) is 0 Å². The van der Waals surface area contributed by atoms with Gasteiger partial charge >= 0.3 is 0 Å². The fourth-order valence-corrected chi connectivity index (χ4v) is 4.13. The summed E-state index contributed by atoms with van der Waals surface area (Å²) < 4.78 is 6.00. The van der Waals surface area contributed by atoms with Crippen LogP contribution in [0.3, 0.4) is 0 Å². The van der Waals surface area contributed by atoms with Gasteiger partial charge in [-0.1, -0.05) is 6.07 Å². The Kier molecular flexibility index (Phi) is 5.14. The molecule has 0 saturated carbocycles.